The first-order valence-electron chi connectivity index (χ1n) is 13.0. The van der Waals surface area contributed by atoms with E-state index >= 15 is 0 Å². The average molecular weight is 562 g/mol. The number of pyridine rings is 1. The fourth-order valence-electron chi connectivity index (χ4n) is 4.60. The molecule has 9 heteroatoms. The van der Waals surface area contributed by atoms with Gasteiger partial charge in [0, 0.05) is 16.9 Å². The Morgan fingerprint density at radius 2 is 1.66 bits per heavy atom. The monoisotopic (exact) mass is 561 g/mol. The minimum absolute atomic E-state index is 0.0490. The van der Waals surface area contributed by atoms with Gasteiger partial charge in [0.05, 0.1) is 24.0 Å². The number of hydrogen-bond acceptors (Lipinski definition) is 9. The molecule has 0 bridgehead atoms. The molecule has 5 aromatic rings. The molecule has 2 aromatic heterocycles. The summed E-state index contributed by atoms with van der Waals surface area (Å²) in [5.41, 5.74) is 10.3. The van der Waals surface area contributed by atoms with Crippen molar-refractivity contribution in [2.45, 2.75) is 36.6 Å². The zero-order valence-corrected chi connectivity index (χ0v) is 23.2. The summed E-state index contributed by atoms with van der Waals surface area (Å²) in [5.74, 6) is 1.63. The first kappa shape index (κ1) is 27.9. The molecule has 0 aliphatic carbocycles. The van der Waals surface area contributed by atoms with Gasteiger partial charge in [0.25, 0.3) is 0 Å². The number of fused-ring (bicyclic) bond motifs is 1. The van der Waals surface area contributed by atoms with Crippen LogP contribution in [0.3, 0.4) is 0 Å². The van der Waals surface area contributed by atoms with Crippen LogP contribution in [0.25, 0.3) is 33.4 Å². The molecule has 204 valence electrons. The maximum atomic E-state index is 10.2. The molecule has 41 heavy (non-hydrogen) atoms. The summed E-state index contributed by atoms with van der Waals surface area (Å²) >= 11 is 1.31. The Kier molecular flexibility index (Phi) is 8.32. The molecular formula is C32H27N5O3S. The van der Waals surface area contributed by atoms with E-state index in [9.17, 15) is 15.6 Å². The van der Waals surface area contributed by atoms with Crippen molar-refractivity contribution < 1.29 is 14.6 Å². The maximum absolute atomic E-state index is 10.2. The van der Waals surface area contributed by atoms with Gasteiger partial charge in [0.15, 0.2) is 0 Å². The van der Waals surface area contributed by atoms with E-state index in [0.717, 1.165) is 27.6 Å². The molecule has 0 fully saturated rings. The van der Waals surface area contributed by atoms with Crippen molar-refractivity contribution in [3.05, 3.63) is 94.9 Å². The van der Waals surface area contributed by atoms with E-state index in [2.05, 4.69) is 23.2 Å². The van der Waals surface area contributed by atoms with Crippen LogP contribution >= 0.6 is 11.8 Å². The first-order valence-corrected chi connectivity index (χ1v) is 14.0. The van der Waals surface area contributed by atoms with E-state index in [0.29, 0.717) is 46.4 Å². The van der Waals surface area contributed by atoms with Crippen molar-refractivity contribution in [3.63, 3.8) is 0 Å². The molecular weight excluding hydrogens is 534 g/mol. The number of nitriles is 2. The number of aliphatic hydroxyl groups is 2. The molecule has 0 saturated carbocycles. The Bertz CT molecular complexity index is 1800. The van der Waals surface area contributed by atoms with Gasteiger partial charge in [-0.15, -0.1) is 0 Å². The number of hydrogen-bond donors (Lipinski definition) is 3. The molecule has 0 radical (unpaired) electrons. The molecule has 4 N–H and O–H groups in total. The highest BCUT2D eigenvalue weighted by molar-refractivity contribution is 7.98. The number of nitrogens with two attached hydrogens (primary N) is 1. The lowest BCUT2D eigenvalue weighted by atomic mass is 9.95. The number of nitrogens with zero attached hydrogens (tertiary/aromatic N) is 4. The third-order valence-corrected chi connectivity index (χ3v) is 7.86. The number of benzene rings is 3. The van der Waals surface area contributed by atoms with Crippen molar-refractivity contribution in [2.24, 2.45) is 0 Å². The van der Waals surface area contributed by atoms with Crippen molar-refractivity contribution in [1.82, 2.24) is 9.97 Å². The predicted octanol–water partition coefficient (Wildman–Crippen LogP) is 5.77. The second kappa shape index (κ2) is 12.2. The molecule has 2 heterocycles. The highest BCUT2D eigenvalue weighted by Gasteiger charge is 2.22. The quantitative estimate of drug-likeness (QED) is 0.190. The van der Waals surface area contributed by atoms with Crippen molar-refractivity contribution in [3.8, 4) is 34.7 Å². The maximum Gasteiger partial charge on any atom is 0.226 e. The van der Waals surface area contributed by atoms with E-state index < -0.39 is 6.10 Å². The molecule has 0 unspecified atom stereocenters. The zero-order chi connectivity index (χ0) is 28.9. The molecule has 5 rings (SSSR count). The van der Waals surface area contributed by atoms with Crippen LogP contribution in [0.1, 0.15) is 34.6 Å². The predicted molar refractivity (Wildman–Crippen MR) is 159 cm³/mol. The summed E-state index contributed by atoms with van der Waals surface area (Å²) in [6.07, 6.45) is 0.230. The average Bonchev–Trinajstić information content (AvgIpc) is 3.38. The molecule has 0 spiro atoms. The van der Waals surface area contributed by atoms with Gasteiger partial charge in [-0.25, -0.2) is 9.97 Å². The SMILES string of the molecule is Cc1oc(-c2ccc3ccccc3c2)nc1CSc1nc(N)c(C#N)c(-c2ccc(CC[C@@H](O)CO)cc2)c1C#N. The number of thioether (sulfide) groups is 1. The van der Waals surface area contributed by atoms with E-state index in [1.807, 2.05) is 67.6 Å². The minimum Gasteiger partial charge on any atom is -0.441 e. The Morgan fingerprint density at radius 1 is 0.951 bits per heavy atom. The summed E-state index contributed by atoms with van der Waals surface area (Å²) in [6.45, 7) is 1.57. The normalized spacial score (nSPS) is 11.7. The number of aliphatic hydroxyl groups excluding tert-OH is 2. The van der Waals surface area contributed by atoms with Crippen LogP contribution in [0.4, 0.5) is 5.82 Å². The van der Waals surface area contributed by atoms with Gasteiger partial charge in [-0.2, -0.15) is 10.5 Å². The highest BCUT2D eigenvalue weighted by Crippen LogP contribution is 2.37. The van der Waals surface area contributed by atoms with E-state index in [-0.39, 0.29) is 23.6 Å². The van der Waals surface area contributed by atoms with E-state index in [4.69, 9.17) is 20.2 Å². The largest absolute Gasteiger partial charge is 0.441 e. The first-order chi connectivity index (χ1) is 19.9. The summed E-state index contributed by atoms with van der Waals surface area (Å²) in [6, 6.07) is 25.9. The van der Waals surface area contributed by atoms with Crippen molar-refractivity contribution in [1.29, 1.82) is 10.5 Å². The Labute approximate surface area is 241 Å². The van der Waals surface area contributed by atoms with Crippen LogP contribution in [0.15, 0.2) is 76.2 Å². The smallest absolute Gasteiger partial charge is 0.226 e. The van der Waals surface area contributed by atoms with Gasteiger partial charge in [0.2, 0.25) is 5.89 Å². The Balaban J connectivity index is 1.42. The molecule has 0 aliphatic rings. The van der Waals surface area contributed by atoms with Crippen molar-refractivity contribution >= 4 is 28.4 Å². The van der Waals surface area contributed by atoms with Crippen LogP contribution in [-0.2, 0) is 12.2 Å². The Hall–Kier alpha value is -4.67. The van der Waals surface area contributed by atoms with Crippen LogP contribution in [0.5, 0.6) is 0 Å². The van der Waals surface area contributed by atoms with Crippen LogP contribution < -0.4 is 5.73 Å². The second-order valence-corrected chi connectivity index (χ2v) is 10.6. The van der Waals surface area contributed by atoms with Gasteiger partial charge in [-0.05, 0) is 53.8 Å². The van der Waals surface area contributed by atoms with Gasteiger partial charge in [-0.3, -0.25) is 0 Å². The molecule has 8 nitrogen and oxygen atoms in total. The zero-order valence-electron chi connectivity index (χ0n) is 22.3. The number of oxazole rings is 1. The highest BCUT2D eigenvalue weighted by atomic mass is 32.2. The fraction of sp³-hybridized carbons (Fsp3) is 0.188. The second-order valence-electron chi connectivity index (χ2n) is 9.60. The number of rotatable bonds is 9. The number of aryl methyl sites for hydroxylation is 2. The third-order valence-electron chi connectivity index (χ3n) is 6.87. The molecule has 0 aliphatic heterocycles. The van der Waals surface area contributed by atoms with Crippen LogP contribution in [0, 0.1) is 29.6 Å². The lowest BCUT2D eigenvalue weighted by Crippen LogP contribution is -2.12. The van der Waals surface area contributed by atoms with Gasteiger partial charge in [0.1, 0.15) is 34.3 Å². The van der Waals surface area contributed by atoms with Crippen LogP contribution in [0.2, 0.25) is 0 Å². The minimum atomic E-state index is -0.776. The number of nitrogen functional groups attached to an aromatic ring is 1. The van der Waals surface area contributed by atoms with E-state index in [1.165, 1.54) is 11.8 Å². The lowest BCUT2D eigenvalue weighted by molar-refractivity contribution is 0.0886. The van der Waals surface area contributed by atoms with Gasteiger partial charge in [-0.1, -0.05) is 66.4 Å². The van der Waals surface area contributed by atoms with Gasteiger partial charge < -0.3 is 20.4 Å². The molecule has 0 amide bonds. The standard InChI is InChI=1S/C32H27N5O3S/c1-19-28(36-31(40-19)24-12-11-21-4-2-3-5-23(21)14-24)18-41-32-27(16-34)29(26(15-33)30(35)37-32)22-9-6-20(7-10-22)8-13-25(39)17-38/h2-7,9-12,14,25,38-39H,8,13,17-18H2,1H3,(H2,35,37)/t25-/m1/s1. The third kappa shape index (κ3) is 5.93. The molecule has 1 atom stereocenters. The number of anilines is 1. The Morgan fingerprint density at radius 3 is 2.37 bits per heavy atom. The fourth-order valence-corrected chi connectivity index (χ4v) is 5.59. The summed E-state index contributed by atoms with van der Waals surface area (Å²) < 4.78 is 5.99. The lowest BCUT2D eigenvalue weighted by Gasteiger charge is -2.13. The summed E-state index contributed by atoms with van der Waals surface area (Å²) in [5, 5.41) is 41.3. The topological polar surface area (TPSA) is 153 Å². The summed E-state index contributed by atoms with van der Waals surface area (Å²) in [7, 11) is 0. The van der Waals surface area contributed by atoms with Crippen molar-refractivity contribution in [2.75, 3.05) is 12.3 Å². The van der Waals surface area contributed by atoms with Gasteiger partial charge >= 0.3 is 0 Å². The molecule has 3 aromatic carbocycles. The van der Waals surface area contributed by atoms with Crippen LogP contribution in [-0.4, -0.2) is 32.9 Å². The summed E-state index contributed by atoms with van der Waals surface area (Å²) in [4.78, 5) is 9.13. The number of aromatic nitrogens is 2. The molecule has 0 saturated heterocycles. The van der Waals surface area contributed by atoms with E-state index in [1.54, 1.807) is 0 Å².